The predicted molar refractivity (Wildman–Crippen MR) is 143 cm³/mol. The lowest BCUT2D eigenvalue weighted by Gasteiger charge is -2.26. The van der Waals surface area contributed by atoms with Gasteiger partial charge >= 0.3 is 18.5 Å². The van der Waals surface area contributed by atoms with Crippen LogP contribution in [0.2, 0.25) is 5.02 Å². The van der Waals surface area contributed by atoms with Crippen molar-refractivity contribution < 1.29 is 63.8 Å². The summed E-state index contributed by atoms with van der Waals surface area (Å²) < 4.78 is 117. The standard InChI is InChI=1S/C29H28ClF8NO6/c1-15(2)21(25(42)28(33,34)35)13-22(40)24(16-7-9-20(44-3)10-8-16)39-26(43)17(14-45-29(36,37)38)11-23(41)27(31,32)18-5-4-6-19(30)12-18/h4-10,12,15,17,21,24H,11,13-14H2,1-3H3,(H,39,43)/t17-,21-,24-/m0/s1. The molecule has 0 aromatic heterocycles. The van der Waals surface area contributed by atoms with Gasteiger partial charge in [-0.05, 0) is 35.7 Å². The van der Waals surface area contributed by atoms with Crippen LogP contribution >= 0.6 is 11.6 Å². The zero-order valence-corrected chi connectivity index (χ0v) is 24.7. The van der Waals surface area contributed by atoms with Crippen LogP contribution < -0.4 is 10.1 Å². The van der Waals surface area contributed by atoms with Gasteiger partial charge in [0.15, 0.2) is 5.78 Å². The van der Waals surface area contributed by atoms with Crippen LogP contribution in [0.5, 0.6) is 5.75 Å². The molecular formula is C29H28ClF8NO6. The van der Waals surface area contributed by atoms with E-state index in [9.17, 15) is 54.3 Å². The summed E-state index contributed by atoms with van der Waals surface area (Å²) in [6.45, 7) is 0.870. The monoisotopic (exact) mass is 673 g/mol. The van der Waals surface area contributed by atoms with Crippen molar-refractivity contribution in [3.8, 4) is 5.75 Å². The lowest BCUT2D eigenvalue weighted by molar-refractivity contribution is -0.327. The number of amides is 1. The van der Waals surface area contributed by atoms with E-state index in [1.807, 2.05) is 5.32 Å². The maximum Gasteiger partial charge on any atom is 0.522 e. The van der Waals surface area contributed by atoms with Crippen LogP contribution in [-0.2, 0) is 29.8 Å². The molecule has 1 N–H and O–H groups in total. The molecule has 0 saturated carbocycles. The molecular weight excluding hydrogens is 646 g/mol. The van der Waals surface area contributed by atoms with Crippen LogP contribution in [0.1, 0.15) is 43.9 Å². The highest BCUT2D eigenvalue weighted by Crippen LogP contribution is 2.34. The summed E-state index contributed by atoms with van der Waals surface area (Å²) in [5, 5.41) is 1.87. The quantitative estimate of drug-likeness (QED) is 0.210. The van der Waals surface area contributed by atoms with Crippen molar-refractivity contribution in [2.75, 3.05) is 13.7 Å². The topological polar surface area (TPSA) is 98.8 Å². The molecule has 0 radical (unpaired) electrons. The average molecular weight is 674 g/mol. The minimum atomic E-state index is -5.36. The Morgan fingerprint density at radius 1 is 0.889 bits per heavy atom. The molecule has 2 rings (SSSR count). The van der Waals surface area contributed by atoms with Crippen molar-refractivity contribution in [3.05, 3.63) is 64.7 Å². The third-order valence-electron chi connectivity index (χ3n) is 6.69. The van der Waals surface area contributed by atoms with E-state index in [0.717, 1.165) is 18.2 Å². The minimum Gasteiger partial charge on any atom is -0.497 e. The van der Waals surface area contributed by atoms with Crippen LogP contribution in [0.3, 0.4) is 0 Å². The number of hydrogen-bond donors (Lipinski definition) is 1. The molecule has 1 amide bonds. The smallest absolute Gasteiger partial charge is 0.497 e. The molecule has 0 fully saturated rings. The second-order valence-corrected chi connectivity index (χ2v) is 10.7. The third-order valence-corrected chi connectivity index (χ3v) is 6.92. The normalized spacial score (nSPS) is 14.4. The summed E-state index contributed by atoms with van der Waals surface area (Å²) >= 11 is 5.70. The Morgan fingerprint density at radius 2 is 1.49 bits per heavy atom. The number of halogens is 9. The predicted octanol–water partition coefficient (Wildman–Crippen LogP) is 6.77. The summed E-state index contributed by atoms with van der Waals surface area (Å²) in [7, 11) is 1.29. The SMILES string of the molecule is COc1ccc([C@H](NC(=O)[C@H](COC(F)(F)F)CC(=O)C(F)(F)c2cccc(Cl)c2)C(=O)C[C@H](C(=O)C(F)(F)F)C(C)C)cc1. The first-order valence-electron chi connectivity index (χ1n) is 13.1. The second-order valence-electron chi connectivity index (χ2n) is 10.3. The van der Waals surface area contributed by atoms with Gasteiger partial charge in [0.1, 0.15) is 11.8 Å². The van der Waals surface area contributed by atoms with Crippen LogP contribution in [-0.4, -0.2) is 49.5 Å². The van der Waals surface area contributed by atoms with Gasteiger partial charge in [-0.3, -0.25) is 23.9 Å². The zero-order chi connectivity index (χ0) is 34.3. The molecule has 0 heterocycles. The van der Waals surface area contributed by atoms with E-state index in [2.05, 4.69) is 4.74 Å². The van der Waals surface area contributed by atoms with Gasteiger partial charge in [-0.2, -0.15) is 22.0 Å². The van der Waals surface area contributed by atoms with Crippen molar-refractivity contribution in [3.63, 3.8) is 0 Å². The number of nitrogens with one attached hydrogen (secondary N) is 1. The molecule has 248 valence electrons. The molecule has 0 saturated heterocycles. The molecule has 3 atom stereocenters. The number of rotatable bonds is 15. The van der Waals surface area contributed by atoms with Gasteiger partial charge in [0.2, 0.25) is 17.5 Å². The van der Waals surface area contributed by atoms with Crippen molar-refractivity contribution in [2.45, 2.75) is 51.2 Å². The Labute approximate surface area is 257 Å². The molecule has 0 unspecified atom stereocenters. The van der Waals surface area contributed by atoms with Crippen molar-refractivity contribution in [1.82, 2.24) is 5.32 Å². The first-order valence-corrected chi connectivity index (χ1v) is 13.5. The van der Waals surface area contributed by atoms with E-state index in [1.54, 1.807) is 0 Å². The fourth-order valence-electron chi connectivity index (χ4n) is 4.20. The van der Waals surface area contributed by atoms with Crippen molar-refractivity contribution in [1.29, 1.82) is 0 Å². The third kappa shape index (κ3) is 10.8. The summed E-state index contributed by atoms with van der Waals surface area (Å²) in [5.74, 6) is -16.1. The van der Waals surface area contributed by atoms with E-state index in [0.29, 0.717) is 0 Å². The Kier molecular flexibility index (Phi) is 12.6. The van der Waals surface area contributed by atoms with E-state index in [4.69, 9.17) is 16.3 Å². The maximum atomic E-state index is 15.0. The fraction of sp³-hybridized carbons (Fsp3) is 0.448. The number of Topliss-reactive ketones (excluding diaryl/α,β-unsaturated/α-hetero) is 3. The van der Waals surface area contributed by atoms with Crippen LogP contribution in [0.15, 0.2) is 48.5 Å². The first kappa shape index (κ1) is 37.6. The highest BCUT2D eigenvalue weighted by Gasteiger charge is 2.46. The van der Waals surface area contributed by atoms with Gasteiger partial charge in [0.05, 0.1) is 19.6 Å². The number of ketones is 3. The highest BCUT2D eigenvalue weighted by molar-refractivity contribution is 6.30. The van der Waals surface area contributed by atoms with E-state index < -0.39 is 90.5 Å². The first-order chi connectivity index (χ1) is 20.7. The van der Waals surface area contributed by atoms with Gasteiger partial charge in [-0.1, -0.05) is 49.7 Å². The van der Waals surface area contributed by atoms with Gasteiger partial charge < -0.3 is 10.1 Å². The lowest BCUT2D eigenvalue weighted by atomic mass is 9.84. The number of benzene rings is 2. The molecule has 0 aliphatic rings. The fourth-order valence-corrected chi connectivity index (χ4v) is 4.39. The number of ether oxygens (including phenoxy) is 2. The number of carbonyl (C=O) groups excluding carboxylic acids is 4. The van der Waals surface area contributed by atoms with Gasteiger partial charge in [-0.15, -0.1) is 13.2 Å². The highest BCUT2D eigenvalue weighted by atomic mass is 35.5. The van der Waals surface area contributed by atoms with E-state index >= 15 is 0 Å². The largest absolute Gasteiger partial charge is 0.522 e. The lowest BCUT2D eigenvalue weighted by Crippen LogP contribution is -2.43. The molecule has 7 nitrogen and oxygen atoms in total. The second kappa shape index (κ2) is 15.1. The Morgan fingerprint density at radius 3 is 1.98 bits per heavy atom. The van der Waals surface area contributed by atoms with Gasteiger partial charge in [0, 0.05) is 29.3 Å². The van der Waals surface area contributed by atoms with Crippen LogP contribution in [0.25, 0.3) is 0 Å². The van der Waals surface area contributed by atoms with Crippen LogP contribution in [0.4, 0.5) is 35.1 Å². The maximum absolute atomic E-state index is 15.0. The van der Waals surface area contributed by atoms with E-state index in [-0.39, 0.29) is 16.3 Å². The molecule has 0 aliphatic carbocycles. The van der Waals surface area contributed by atoms with Crippen molar-refractivity contribution >= 4 is 34.9 Å². The summed E-state index contributed by atoms with van der Waals surface area (Å²) in [4.78, 5) is 51.2. The zero-order valence-electron chi connectivity index (χ0n) is 23.9. The molecule has 2 aromatic carbocycles. The van der Waals surface area contributed by atoms with Crippen molar-refractivity contribution in [2.24, 2.45) is 17.8 Å². The molecule has 16 heteroatoms. The summed E-state index contributed by atoms with van der Waals surface area (Å²) in [6.07, 6.45) is -13.2. The van der Waals surface area contributed by atoms with Gasteiger partial charge in [-0.25, -0.2) is 0 Å². The Bertz CT molecular complexity index is 1360. The minimum absolute atomic E-state index is 0.0952. The number of methoxy groups -OCH3 is 1. The Hall–Kier alpha value is -3.59. The molecule has 0 aliphatic heterocycles. The average Bonchev–Trinajstić information content (AvgIpc) is 2.94. The van der Waals surface area contributed by atoms with Gasteiger partial charge in [0.25, 0.3) is 0 Å². The Balaban J connectivity index is 2.47. The number of hydrogen-bond acceptors (Lipinski definition) is 6. The summed E-state index contributed by atoms with van der Waals surface area (Å²) in [5.41, 5.74) is -1.00. The van der Waals surface area contributed by atoms with Crippen LogP contribution in [0, 0.1) is 17.8 Å². The molecule has 0 bridgehead atoms. The molecule has 2 aromatic rings. The number of carbonyl (C=O) groups is 4. The summed E-state index contributed by atoms with van der Waals surface area (Å²) in [6, 6.07) is 7.01. The molecule has 45 heavy (non-hydrogen) atoms. The number of alkyl halides is 8. The van der Waals surface area contributed by atoms with E-state index in [1.165, 1.54) is 51.3 Å². The molecule has 0 spiro atoms.